The van der Waals surface area contributed by atoms with Gasteiger partial charge in [-0.15, -0.1) is 0 Å². The number of nitrogens with one attached hydrogen (secondary N) is 1. The number of hydrogen-bond acceptors (Lipinski definition) is 3. The van der Waals surface area contributed by atoms with Crippen LogP contribution in [-0.2, 0) is 10.0 Å². The third-order valence-electron chi connectivity index (χ3n) is 3.50. The summed E-state index contributed by atoms with van der Waals surface area (Å²) in [4.78, 5) is 0.359. The topological polar surface area (TPSA) is 49.4 Å². The van der Waals surface area contributed by atoms with E-state index in [9.17, 15) is 8.42 Å². The van der Waals surface area contributed by atoms with E-state index in [0.717, 1.165) is 0 Å². The molecule has 0 atom stereocenters. The summed E-state index contributed by atoms with van der Waals surface area (Å²) in [5.41, 5.74) is -0.896. The Kier molecular flexibility index (Phi) is 3.49. The third-order valence-corrected chi connectivity index (χ3v) is 5.83. The van der Waals surface area contributed by atoms with Crippen molar-refractivity contribution in [1.29, 1.82) is 0 Å². The number of piperazine rings is 1. The lowest BCUT2D eigenvalue weighted by molar-refractivity contribution is 0.0717. The number of nitrogens with zero attached hydrogens (tertiary/aromatic N) is 1. The molecule has 0 saturated carbocycles. The Morgan fingerprint density at radius 2 is 1.47 bits per heavy atom. The van der Waals surface area contributed by atoms with Crippen LogP contribution in [0.2, 0.25) is 0 Å². The third kappa shape index (κ3) is 2.55. The smallest absolute Gasteiger partial charge is 0.244 e. The van der Waals surface area contributed by atoms with E-state index in [1.165, 1.54) is 0 Å². The highest BCUT2D eigenvalue weighted by Gasteiger charge is 2.48. The zero-order valence-electron chi connectivity index (χ0n) is 12.0. The van der Waals surface area contributed by atoms with Crippen LogP contribution in [0.25, 0.3) is 0 Å². The first kappa shape index (κ1) is 14.5. The Labute approximate surface area is 115 Å². The zero-order chi connectivity index (χ0) is 14.3. The molecule has 1 saturated heterocycles. The van der Waals surface area contributed by atoms with E-state index >= 15 is 0 Å². The molecular weight excluding hydrogens is 260 g/mol. The van der Waals surface area contributed by atoms with Crippen LogP contribution in [0, 0.1) is 0 Å². The first-order valence-electron chi connectivity index (χ1n) is 6.49. The molecule has 5 heteroatoms. The van der Waals surface area contributed by atoms with Crippen molar-refractivity contribution in [3.05, 3.63) is 30.3 Å². The summed E-state index contributed by atoms with van der Waals surface area (Å²) in [6, 6.07) is 8.66. The van der Waals surface area contributed by atoms with Crippen molar-refractivity contribution in [1.82, 2.24) is 9.62 Å². The second-order valence-electron chi connectivity index (χ2n) is 6.31. The Morgan fingerprint density at radius 3 is 1.95 bits per heavy atom. The van der Waals surface area contributed by atoms with Crippen molar-refractivity contribution in [2.75, 3.05) is 13.1 Å². The van der Waals surface area contributed by atoms with Gasteiger partial charge < -0.3 is 5.32 Å². The number of rotatable bonds is 2. The minimum Gasteiger partial charge on any atom is -0.313 e. The van der Waals surface area contributed by atoms with Crippen molar-refractivity contribution >= 4 is 10.0 Å². The second-order valence-corrected chi connectivity index (χ2v) is 8.10. The van der Waals surface area contributed by atoms with E-state index in [2.05, 4.69) is 5.32 Å². The largest absolute Gasteiger partial charge is 0.313 e. The van der Waals surface area contributed by atoms with E-state index in [-0.39, 0.29) is 0 Å². The molecule has 1 N–H and O–H groups in total. The molecule has 0 amide bonds. The van der Waals surface area contributed by atoms with Crippen LogP contribution in [-0.4, -0.2) is 36.9 Å². The normalized spacial score (nSPS) is 23.2. The van der Waals surface area contributed by atoms with E-state index < -0.39 is 21.1 Å². The predicted molar refractivity (Wildman–Crippen MR) is 76.5 cm³/mol. The maximum atomic E-state index is 12.9. The summed E-state index contributed by atoms with van der Waals surface area (Å²) in [6.07, 6.45) is 0. The van der Waals surface area contributed by atoms with Gasteiger partial charge in [0.1, 0.15) is 0 Å². The van der Waals surface area contributed by atoms with Gasteiger partial charge in [0.15, 0.2) is 0 Å². The van der Waals surface area contributed by atoms with Crippen molar-refractivity contribution < 1.29 is 8.42 Å². The summed E-state index contributed by atoms with van der Waals surface area (Å²) in [6.45, 7) is 9.15. The van der Waals surface area contributed by atoms with Crippen LogP contribution in [0.15, 0.2) is 35.2 Å². The van der Waals surface area contributed by atoms with Gasteiger partial charge in [0.25, 0.3) is 0 Å². The minimum absolute atomic E-state index is 0.359. The van der Waals surface area contributed by atoms with Crippen LogP contribution < -0.4 is 5.32 Å². The average molecular weight is 282 g/mol. The lowest BCUT2D eigenvalue weighted by atomic mass is 9.93. The Bertz CT molecular complexity index is 534. The molecule has 2 rings (SSSR count). The number of sulfonamides is 1. The van der Waals surface area contributed by atoms with E-state index in [4.69, 9.17) is 0 Å². The lowest BCUT2D eigenvalue weighted by Crippen LogP contribution is -2.69. The van der Waals surface area contributed by atoms with Gasteiger partial charge in [-0.05, 0) is 39.8 Å². The molecular formula is C14H22N2O2S. The molecule has 1 aromatic carbocycles. The molecule has 1 heterocycles. The highest BCUT2D eigenvalue weighted by molar-refractivity contribution is 7.89. The van der Waals surface area contributed by atoms with Gasteiger partial charge >= 0.3 is 0 Å². The van der Waals surface area contributed by atoms with Gasteiger partial charge in [0, 0.05) is 24.2 Å². The van der Waals surface area contributed by atoms with E-state index in [1.54, 1.807) is 28.6 Å². The van der Waals surface area contributed by atoms with Gasteiger partial charge in [-0.25, -0.2) is 8.42 Å². The minimum atomic E-state index is -3.48. The van der Waals surface area contributed by atoms with Crippen LogP contribution >= 0.6 is 0 Å². The Hall–Kier alpha value is -0.910. The second kappa shape index (κ2) is 4.58. The first-order chi connectivity index (χ1) is 8.68. The number of benzene rings is 1. The van der Waals surface area contributed by atoms with E-state index in [1.807, 2.05) is 33.8 Å². The van der Waals surface area contributed by atoms with Gasteiger partial charge in [-0.3, -0.25) is 0 Å². The standard InChI is InChI=1S/C14H22N2O2S/c1-13(2)10-15-11-14(3,4)16(13)19(17,18)12-8-6-5-7-9-12/h5-9,15H,10-11H2,1-4H3. The predicted octanol–water partition coefficient (Wildman–Crippen LogP) is 1.84. The molecule has 0 aromatic heterocycles. The van der Waals surface area contributed by atoms with Crippen LogP contribution in [0.3, 0.4) is 0 Å². The highest BCUT2D eigenvalue weighted by atomic mass is 32.2. The molecule has 0 unspecified atom stereocenters. The summed E-state index contributed by atoms with van der Waals surface area (Å²) in [5, 5.41) is 3.31. The molecule has 0 bridgehead atoms. The fraction of sp³-hybridized carbons (Fsp3) is 0.571. The maximum Gasteiger partial charge on any atom is 0.244 e. The molecule has 0 aliphatic carbocycles. The molecule has 0 spiro atoms. The molecule has 106 valence electrons. The van der Waals surface area contributed by atoms with Gasteiger partial charge in [0.05, 0.1) is 4.90 Å². The summed E-state index contributed by atoms with van der Waals surface area (Å²) in [5.74, 6) is 0. The van der Waals surface area contributed by atoms with Crippen LogP contribution in [0.4, 0.5) is 0 Å². The van der Waals surface area contributed by atoms with Gasteiger partial charge in [-0.2, -0.15) is 4.31 Å². The lowest BCUT2D eigenvalue weighted by Gasteiger charge is -2.51. The maximum absolute atomic E-state index is 12.9. The highest BCUT2D eigenvalue weighted by Crippen LogP contribution is 2.34. The van der Waals surface area contributed by atoms with Crippen molar-refractivity contribution in [2.24, 2.45) is 0 Å². The molecule has 0 radical (unpaired) electrons. The van der Waals surface area contributed by atoms with Crippen LogP contribution in [0.1, 0.15) is 27.7 Å². The van der Waals surface area contributed by atoms with Crippen LogP contribution in [0.5, 0.6) is 0 Å². The Balaban J connectivity index is 2.54. The van der Waals surface area contributed by atoms with Gasteiger partial charge in [-0.1, -0.05) is 18.2 Å². The molecule has 1 aliphatic heterocycles. The fourth-order valence-electron chi connectivity index (χ4n) is 2.99. The molecule has 1 aromatic rings. The summed E-state index contributed by atoms with van der Waals surface area (Å²) < 4.78 is 27.5. The quantitative estimate of drug-likeness (QED) is 0.900. The fourth-order valence-corrected chi connectivity index (χ4v) is 5.13. The monoisotopic (exact) mass is 282 g/mol. The summed E-state index contributed by atoms with van der Waals surface area (Å²) >= 11 is 0. The Morgan fingerprint density at radius 1 is 1.00 bits per heavy atom. The average Bonchev–Trinajstić information content (AvgIpc) is 2.27. The van der Waals surface area contributed by atoms with Crippen molar-refractivity contribution in [3.8, 4) is 0 Å². The zero-order valence-corrected chi connectivity index (χ0v) is 12.8. The van der Waals surface area contributed by atoms with E-state index in [0.29, 0.717) is 18.0 Å². The summed E-state index contributed by atoms with van der Waals surface area (Å²) in [7, 11) is -3.48. The van der Waals surface area contributed by atoms with Crippen molar-refractivity contribution in [3.63, 3.8) is 0 Å². The molecule has 4 nitrogen and oxygen atoms in total. The molecule has 1 aliphatic rings. The molecule has 19 heavy (non-hydrogen) atoms. The molecule has 1 fully saturated rings. The first-order valence-corrected chi connectivity index (χ1v) is 7.93. The SMILES string of the molecule is CC1(C)CNCC(C)(C)N1S(=O)(=O)c1ccccc1. The number of hydrogen-bond donors (Lipinski definition) is 1. The van der Waals surface area contributed by atoms with Crippen molar-refractivity contribution in [2.45, 2.75) is 43.7 Å². The van der Waals surface area contributed by atoms with Gasteiger partial charge in [0.2, 0.25) is 10.0 Å².